The molecule has 0 atom stereocenters. The molecule has 8 nitrogen and oxygen atoms in total. The highest BCUT2D eigenvalue weighted by atomic mass is 16.5. The van der Waals surface area contributed by atoms with Crippen molar-refractivity contribution >= 4 is 11.8 Å². The van der Waals surface area contributed by atoms with Crippen LogP contribution in [0.25, 0.3) is 11.4 Å². The van der Waals surface area contributed by atoms with Crippen LogP contribution in [0, 0.1) is 0 Å². The molecule has 0 aliphatic rings. The predicted octanol–water partition coefficient (Wildman–Crippen LogP) is 2.81. The number of amides is 2. The lowest BCUT2D eigenvalue weighted by atomic mass is 10.1. The molecule has 3 aromatic rings. The number of aromatic nitrogens is 3. The van der Waals surface area contributed by atoms with Gasteiger partial charge in [0, 0.05) is 63.5 Å². The Balaban J connectivity index is 1.56. The van der Waals surface area contributed by atoms with Crippen molar-refractivity contribution < 1.29 is 14.1 Å². The summed E-state index contributed by atoms with van der Waals surface area (Å²) in [6, 6.07) is 10.9. The minimum atomic E-state index is -0.0457. The van der Waals surface area contributed by atoms with Gasteiger partial charge in [-0.05, 0) is 36.8 Å². The van der Waals surface area contributed by atoms with Gasteiger partial charge in [-0.25, -0.2) is 0 Å². The molecule has 3 rings (SSSR count). The van der Waals surface area contributed by atoms with Crippen LogP contribution in [0.1, 0.15) is 35.2 Å². The summed E-state index contributed by atoms with van der Waals surface area (Å²) in [4.78, 5) is 36.3. The molecule has 0 unspecified atom stereocenters. The van der Waals surface area contributed by atoms with Gasteiger partial charge >= 0.3 is 0 Å². The highest BCUT2D eigenvalue weighted by molar-refractivity contribution is 5.93. The van der Waals surface area contributed by atoms with Crippen LogP contribution in [-0.4, -0.2) is 57.4 Å². The lowest BCUT2D eigenvalue weighted by Crippen LogP contribution is -2.30. The molecule has 2 amide bonds. The molecular weight excluding hydrogens is 382 g/mol. The average Bonchev–Trinajstić information content (AvgIpc) is 3.25. The molecule has 2 heterocycles. The third kappa shape index (κ3) is 5.28. The molecule has 1 aromatic carbocycles. The first-order chi connectivity index (χ1) is 14.5. The summed E-state index contributed by atoms with van der Waals surface area (Å²) in [6.45, 7) is 3.01. The van der Waals surface area contributed by atoms with Crippen LogP contribution >= 0.6 is 0 Å². The van der Waals surface area contributed by atoms with Crippen molar-refractivity contribution in [1.29, 1.82) is 0 Å². The Morgan fingerprint density at radius 1 is 1.03 bits per heavy atom. The van der Waals surface area contributed by atoms with E-state index in [0.717, 1.165) is 11.1 Å². The lowest BCUT2D eigenvalue weighted by molar-refractivity contribution is -0.131. The number of rotatable bonds is 8. The van der Waals surface area contributed by atoms with Gasteiger partial charge in [0.2, 0.25) is 17.6 Å². The van der Waals surface area contributed by atoms with Gasteiger partial charge in [0.05, 0.1) is 0 Å². The second kappa shape index (κ2) is 9.78. The van der Waals surface area contributed by atoms with Gasteiger partial charge in [0.15, 0.2) is 0 Å². The van der Waals surface area contributed by atoms with E-state index in [0.29, 0.717) is 36.8 Å². The molecule has 0 spiro atoms. The molecule has 0 saturated heterocycles. The lowest BCUT2D eigenvalue weighted by Gasteiger charge is -2.21. The topological polar surface area (TPSA) is 92.4 Å². The average molecular weight is 407 g/mol. The second-order valence-electron chi connectivity index (χ2n) is 7.05. The Kier molecular flexibility index (Phi) is 6.90. The van der Waals surface area contributed by atoms with Gasteiger partial charge in [0.25, 0.3) is 5.91 Å². The van der Waals surface area contributed by atoms with Crippen molar-refractivity contribution in [3.05, 3.63) is 65.8 Å². The van der Waals surface area contributed by atoms with E-state index in [2.05, 4.69) is 15.1 Å². The van der Waals surface area contributed by atoms with Crippen molar-refractivity contribution in [2.45, 2.75) is 26.3 Å². The highest BCUT2D eigenvalue weighted by Gasteiger charge is 2.16. The summed E-state index contributed by atoms with van der Waals surface area (Å²) in [5, 5.41) is 3.96. The molecule has 0 bridgehead atoms. The number of nitrogens with zero attached hydrogens (tertiary/aromatic N) is 5. The maximum Gasteiger partial charge on any atom is 0.253 e. The van der Waals surface area contributed by atoms with Crippen LogP contribution in [0.5, 0.6) is 0 Å². The fourth-order valence-electron chi connectivity index (χ4n) is 2.95. The van der Waals surface area contributed by atoms with Gasteiger partial charge in [-0.15, -0.1) is 0 Å². The molecule has 0 aliphatic carbocycles. The van der Waals surface area contributed by atoms with Gasteiger partial charge < -0.3 is 14.3 Å². The van der Waals surface area contributed by atoms with Crippen molar-refractivity contribution in [2.75, 3.05) is 20.6 Å². The van der Waals surface area contributed by atoms with Crippen molar-refractivity contribution in [2.24, 2.45) is 0 Å². The SMILES string of the molecule is CCN(Cc1ccc(C(=O)N(C)C)cc1)C(=O)CCc1nc(-c2ccncc2)no1. The molecule has 0 N–H and O–H groups in total. The molecule has 30 heavy (non-hydrogen) atoms. The minimum Gasteiger partial charge on any atom is -0.345 e. The molecule has 8 heteroatoms. The van der Waals surface area contributed by atoms with E-state index in [1.807, 2.05) is 19.1 Å². The zero-order valence-corrected chi connectivity index (χ0v) is 17.4. The largest absolute Gasteiger partial charge is 0.345 e. The smallest absolute Gasteiger partial charge is 0.253 e. The molecule has 0 radical (unpaired) electrons. The number of pyridine rings is 1. The Hall–Kier alpha value is -3.55. The first-order valence-electron chi connectivity index (χ1n) is 9.79. The first kappa shape index (κ1) is 21.2. The Morgan fingerprint density at radius 2 is 1.73 bits per heavy atom. The number of hydrogen-bond acceptors (Lipinski definition) is 6. The Bertz CT molecular complexity index is 984. The minimum absolute atomic E-state index is 0.00889. The zero-order valence-electron chi connectivity index (χ0n) is 17.4. The van der Waals surface area contributed by atoms with Crippen molar-refractivity contribution in [3.8, 4) is 11.4 Å². The fraction of sp³-hybridized carbons (Fsp3) is 0.318. The van der Waals surface area contributed by atoms with E-state index in [9.17, 15) is 9.59 Å². The summed E-state index contributed by atoms with van der Waals surface area (Å²) in [6.07, 6.45) is 3.99. The predicted molar refractivity (Wildman–Crippen MR) is 111 cm³/mol. The van der Waals surface area contributed by atoms with Gasteiger partial charge in [-0.2, -0.15) is 4.98 Å². The first-order valence-corrected chi connectivity index (χ1v) is 9.79. The normalized spacial score (nSPS) is 10.6. The van der Waals surface area contributed by atoms with E-state index in [1.165, 1.54) is 4.90 Å². The number of aryl methyl sites for hydroxylation is 1. The van der Waals surface area contributed by atoms with E-state index in [1.54, 1.807) is 55.7 Å². The van der Waals surface area contributed by atoms with Gasteiger partial charge in [0.1, 0.15) is 0 Å². The second-order valence-corrected chi connectivity index (χ2v) is 7.05. The fourth-order valence-corrected chi connectivity index (χ4v) is 2.95. The summed E-state index contributed by atoms with van der Waals surface area (Å²) in [7, 11) is 3.44. The highest BCUT2D eigenvalue weighted by Crippen LogP contribution is 2.15. The quantitative estimate of drug-likeness (QED) is 0.570. The Morgan fingerprint density at radius 3 is 2.37 bits per heavy atom. The monoisotopic (exact) mass is 407 g/mol. The van der Waals surface area contributed by atoms with Crippen molar-refractivity contribution in [1.82, 2.24) is 24.9 Å². The third-order valence-corrected chi connectivity index (χ3v) is 4.67. The summed E-state index contributed by atoms with van der Waals surface area (Å²) >= 11 is 0. The van der Waals surface area contributed by atoms with E-state index in [4.69, 9.17) is 4.52 Å². The van der Waals surface area contributed by atoms with E-state index >= 15 is 0 Å². The summed E-state index contributed by atoms with van der Waals surface area (Å²) < 4.78 is 5.27. The van der Waals surface area contributed by atoms with E-state index < -0.39 is 0 Å². The number of carbonyl (C=O) groups is 2. The van der Waals surface area contributed by atoms with Crippen LogP contribution in [0.3, 0.4) is 0 Å². The summed E-state index contributed by atoms with van der Waals surface area (Å²) in [5.41, 5.74) is 2.41. The molecule has 2 aromatic heterocycles. The third-order valence-electron chi connectivity index (χ3n) is 4.67. The van der Waals surface area contributed by atoms with Crippen LogP contribution in [0.15, 0.2) is 53.3 Å². The van der Waals surface area contributed by atoms with Crippen LogP contribution < -0.4 is 0 Å². The van der Waals surface area contributed by atoms with Gasteiger partial charge in [-0.1, -0.05) is 17.3 Å². The van der Waals surface area contributed by atoms with Crippen molar-refractivity contribution in [3.63, 3.8) is 0 Å². The van der Waals surface area contributed by atoms with Crippen LogP contribution in [-0.2, 0) is 17.8 Å². The molecule has 0 saturated carbocycles. The molecular formula is C22H25N5O3. The molecule has 156 valence electrons. The molecule has 0 aliphatic heterocycles. The van der Waals surface area contributed by atoms with Crippen LogP contribution in [0.4, 0.5) is 0 Å². The zero-order chi connectivity index (χ0) is 21.5. The number of hydrogen-bond donors (Lipinski definition) is 0. The van der Waals surface area contributed by atoms with Gasteiger partial charge in [-0.3, -0.25) is 14.6 Å². The Labute approximate surface area is 175 Å². The standard InChI is InChI=1S/C22H25N5O3/c1-4-27(15-16-5-7-18(8-6-16)22(29)26(2)3)20(28)10-9-19-24-21(25-30-19)17-11-13-23-14-12-17/h5-8,11-14H,4,9-10,15H2,1-3H3. The molecule has 0 fully saturated rings. The maximum atomic E-state index is 12.7. The van der Waals surface area contributed by atoms with E-state index in [-0.39, 0.29) is 18.2 Å². The summed E-state index contributed by atoms with van der Waals surface area (Å²) in [5.74, 6) is 0.877. The number of carbonyl (C=O) groups excluding carboxylic acids is 2. The van der Waals surface area contributed by atoms with Crippen LogP contribution in [0.2, 0.25) is 0 Å². The number of benzene rings is 1. The maximum absolute atomic E-state index is 12.7.